The van der Waals surface area contributed by atoms with Gasteiger partial charge < -0.3 is 9.64 Å². The molecule has 0 bridgehead atoms. The molecule has 42 heavy (non-hydrogen) atoms. The summed E-state index contributed by atoms with van der Waals surface area (Å²) in [6.45, 7) is 12.5. The van der Waals surface area contributed by atoms with Gasteiger partial charge in [-0.2, -0.15) is 0 Å². The number of carbonyl (C=O) groups excluding carboxylic acids is 1. The molecule has 0 aliphatic heterocycles. The number of para-hydroxylation sites is 2. The zero-order valence-corrected chi connectivity index (χ0v) is 25.5. The second kappa shape index (κ2) is 19.1. The highest BCUT2D eigenvalue weighted by atomic mass is 16.5. The summed E-state index contributed by atoms with van der Waals surface area (Å²) in [7, 11) is 0. The van der Waals surface area contributed by atoms with Crippen molar-refractivity contribution < 1.29 is 9.53 Å². The van der Waals surface area contributed by atoms with Crippen LogP contribution in [-0.4, -0.2) is 6.47 Å². The summed E-state index contributed by atoms with van der Waals surface area (Å²) in [5, 5.41) is 0. The zero-order chi connectivity index (χ0) is 30.6. The Morgan fingerprint density at radius 1 is 0.500 bits per heavy atom. The number of aryl methyl sites for hydroxylation is 2. The maximum absolute atomic E-state index is 9.84. The lowest BCUT2D eigenvalue weighted by Gasteiger charge is -2.25. The van der Waals surface area contributed by atoms with Crippen LogP contribution in [0.1, 0.15) is 49.9 Å². The van der Waals surface area contributed by atoms with Gasteiger partial charge in [0.25, 0.3) is 6.47 Å². The maximum Gasteiger partial charge on any atom is 0.298 e. The van der Waals surface area contributed by atoms with E-state index in [1.54, 1.807) is 12.1 Å². The Morgan fingerprint density at radius 2 is 0.857 bits per heavy atom. The monoisotopic (exact) mass is 555 g/mol. The summed E-state index contributed by atoms with van der Waals surface area (Å²) in [6.07, 6.45) is 0. The third kappa shape index (κ3) is 10.8. The maximum atomic E-state index is 9.84. The minimum absolute atomic E-state index is 0.421. The molecule has 5 aromatic rings. The number of rotatable bonds is 5. The van der Waals surface area contributed by atoms with Crippen molar-refractivity contribution in [1.29, 1.82) is 0 Å². The first-order chi connectivity index (χ1) is 20.6. The second-order valence-corrected chi connectivity index (χ2v) is 8.70. The fourth-order valence-corrected chi connectivity index (χ4v) is 3.75. The molecule has 0 unspecified atom stereocenters. The minimum Gasteiger partial charge on any atom is -0.429 e. The van der Waals surface area contributed by atoms with E-state index in [-0.39, 0.29) is 0 Å². The number of hydrogen-bond acceptors (Lipinski definition) is 3. The van der Waals surface area contributed by atoms with Gasteiger partial charge in [0.05, 0.1) is 0 Å². The van der Waals surface area contributed by atoms with Gasteiger partial charge >= 0.3 is 0 Å². The molecule has 0 N–H and O–H groups in total. The van der Waals surface area contributed by atoms with Crippen molar-refractivity contribution in [1.82, 2.24) is 0 Å². The predicted molar refractivity (Wildman–Crippen MR) is 179 cm³/mol. The summed E-state index contributed by atoms with van der Waals surface area (Å²) < 4.78 is 4.58. The zero-order valence-electron chi connectivity index (χ0n) is 25.5. The molecule has 3 nitrogen and oxygen atoms in total. The minimum atomic E-state index is 0.421. The summed E-state index contributed by atoms with van der Waals surface area (Å²) in [4.78, 5) is 12.1. The van der Waals surface area contributed by atoms with Crippen molar-refractivity contribution in [2.24, 2.45) is 0 Å². The van der Waals surface area contributed by atoms with Crippen LogP contribution in [0.2, 0.25) is 0 Å². The summed E-state index contributed by atoms with van der Waals surface area (Å²) >= 11 is 0. The third-order valence-electron chi connectivity index (χ3n) is 5.76. The SMILES string of the molecule is CC.CC.Cc1ccc(C#Cc2ccc(N(c3ccccc3)c3ccccc3)cc2)cc1.Cc1ccc(OC=O)cc1. The Balaban J connectivity index is 0.000000369. The van der Waals surface area contributed by atoms with Gasteiger partial charge in [-0.3, -0.25) is 4.79 Å². The van der Waals surface area contributed by atoms with Crippen molar-refractivity contribution in [3.05, 3.63) is 156 Å². The molecule has 0 saturated carbocycles. The lowest BCUT2D eigenvalue weighted by Crippen LogP contribution is -2.09. The largest absolute Gasteiger partial charge is 0.429 e. The highest BCUT2D eigenvalue weighted by Gasteiger charge is 2.11. The van der Waals surface area contributed by atoms with Crippen molar-refractivity contribution in [2.45, 2.75) is 41.5 Å². The summed E-state index contributed by atoms with van der Waals surface area (Å²) in [6, 6.07) is 44.8. The van der Waals surface area contributed by atoms with Crippen LogP contribution >= 0.6 is 0 Å². The molecule has 0 radical (unpaired) electrons. The molecule has 0 amide bonds. The molecule has 0 heterocycles. The van der Waals surface area contributed by atoms with Crippen molar-refractivity contribution in [3.63, 3.8) is 0 Å². The summed E-state index contributed by atoms with van der Waals surface area (Å²) in [5.74, 6) is 7.08. The first-order valence-electron chi connectivity index (χ1n) is 14.4. The van der Waals surface area contributed by atoms with Crippen LogP contribution < -0.4 is 9.64 Å². The molecule has 0 fully saturated rings. The number of ether oxygens (including phenoxy) is 1. The van der Waals surface area contributed by atoms with E-state index in [0.29, 0.717) is 12.2 Å². The van der Waals surface area contributed by atoms with Gasteiger partial charge in [0, 0.05) is 28.2 Å². The molecule has 0 aliphatic rings. The number of hydrogen-bond donors (Lipinski definition) is 0. The van der Waals surface area contributed by atoms with E-state index in [9.17, 15) is 4.79 Å². The molecule has 214 valence electrons. The van der Waals surface area contributed by atoms with Crippen LogP contribution in [0, 0.1) is 25.7 Å². The first kappa shape index (κ1) is 33.1. The van der Waals surface area contributed by atoms with Crippen LogP contribution in [0.25, 0.3) is 0 Å². The lowest BCUT2D eigenvalue weighted by molar-refractivity contribution is -0.120. The molecule has 5 rings (SSSR count). The van der Waals surface area contributed by atoms with Crippen LogP contribution in [0.15, 0.2) is 133 Å². The van der Waals surface area contributed by atoms with Gasteiger partial charge in [-0.05, 0) is 86.6 Å². The van der Waals surface area contributed by atoms with E-state index in [4.69, 9.17) is 0 Å². The number of anilines is 3. The van der Waals surface area contributed by atoms with Gasteiger partial charge in [0.15, 0.2) is 0 Å². The molecule has 3 heteroatoms. The van der Waals surface area contributed by atoms with Gasteiger partial charge in [0.2, 0.25) is 0 Å². The van der Waals surface area contributed by atoms with Crippen molar-refractivity contribution in [2.75, 3.05) is 4.90 Å². The quantitative estimate of drug-likeness (QED) is 0.160. The highest BCUT2D eigenvalue weighted by molar-refractivity contribution is 5.76. The fraction of sp³-hybridized carbons (Fsp3) is 0.154. The van der Waals surface area contributed by atoms with Gasteiger partial charge in [0.1, 0.15) is 5.75 Å². The fourth-order valence-electron chi connectivity index (χ4n) is 3.75. The molecular formula is C39H41NO2. The predicted octanol–water partition coefficient (Wildman–Crippen LogP) is 10.4. The number of nitrogens with zero attached hydrogens (tertiary/aromatic N) is 1. The molecular weight excluding hydrogens is 514 g/mol. The van der Waals surface area contributed by atoms with E-state index in [0.717, 1.165) is 33.8 Å². The topological polar surface area (TPSA) is 29.5 Å². The van der Waals surface area contributed by atoms with Crippen LogP contribution in [0.5, 0.6) is 5.75 Å². The highest BCUT2D eigenvalue weighted by Crippen LogP contribution is 2.33. The molecule has 0 aromatic heterocycles. The molecule has 0 saturated heterocycles. The van der Waals surface area contributed by atoms with E-state index < -0.39 is 0 Å². The Kier molecular flexibility index (Phi) is 15.1. The standard InChI is InChI=1S/C27H21N.C8H8O2.2C2H6/c1-22-12-14-23(15-13-22)16-17-24-18-20-27(21-19-24)28(25-8-4-2-5-9-25)26-10-6-3-7-11-26;1-7-2-4-8(5-3-7)10-6-9;2*1-2/h2-15,18-21H,1H3;2-6H,1H3;2*1-2H3. The van der Waals surface area contributed by atoms with Crippen LogP contribution in [0.4, 0.5) is 17.1 Å². The van der Waals surface area contributed by atoms with Crippen molar-refractivity contribution in [3.8, 4) is 17.6 Å². The Hall–Kier alpha value is -5.07. The normalized spacial score (nSPS) is 9.10. The average molecular weight is 556 g/mol. The Morgan fingerprint density at radius 3 is 1.26 bits per heavy atom. The molecule has 0 spiro atoms. The molecule has 5 aromatic carbocycles. The van der Waals surface area contributed by atoms with E-state index >= 15 is 0 Å². The smallest absolute Gasteiger partial charge is 0.298 e. The van der Waals surface area contributed by atoms with Gasteiger partial charge in [-0.25, -0.2) is 0 Å². The molecule has 0 atom stereocenters. The number of carbonyl (C=O) groups is 1. The van der Waals surface area contributed by atoms with E-state index in [1.165, 1.54) is 5.56 Å². The molecule has 0 aliphatic carbocycles. The second-order valence-electron chi connectivity index (χ2n) is 8.70. The van der Waals surface area contributed by atoms with Gasteiger partial charge in [-0.1, -0.05) is 111 Å². The third-order valence-corrected chi connectivity index (χ3v) is 5.76. The lowest BCUT2D eigenvalue weighted by atomic mass is 10.1. The van der Waals surface area contributed by atoms with E-state index in [2.05, 4.69) is 125 Å². The van der Waals surface area contributed by atoms with Crippen LogP contribution in [0.3, 0.4) is 0 Å². The average Bonchev–Trinajstić information content (AvgIpc) is 3.06. The summed E-state index contributed by atoms with van der Waals surface area (Å²) in [5.41, 5.74) is 7.81. The Bertz CT molecular complexity index is 1440. The van der Waals surface area contributed by atoms with Crippen LogP contribution in [-0.2, 0) is 4.79 Å². The van der Waals surface area contributed by atoms with Crippen molar-refractivity contribution >= 4 is 23.5 Å². The van der Waals surface area contributed by atoms with Gasteiger partial charge in [-0.15, -0.1) is 0 Å². The van der Waals surface area contributed by atoms with E-state index in [1.807, 2.05) is 58.9 Å². The Labute approximate surface area is 252 Å². The number of benzene rings is 5. The first-order valence-corrected chi connectivity index (χ1v) is 14.4.